The summed E-state index contributed by atoms with van der Waals surface area (Å²) in [7, 11) is -4.81. The maximum absolute atomic E-state index is 10.9. The van der Waals surface area contributed by atoms with Crippen molar-refractivity contribution in [2.24, 2.45) is 11.5 Å². The Morgan fingerprint density at radius 2 is 2.06 bits per heavy atom. The van der Waals surface area contributed by atoms with Crippen LogP contribution in [0.3, 0.4) is 0 Å². The average molecular weight is 296 g/mol. The molecule has 0 saturated heterocycles. The Bertz CT molecular complexity index is 359. The molecule has 17 heavy (non-hydrogen) atoms. The zero-order valence-electron chi connectivity index (χ0n) is 8.34. The van der Waals surface area contributed by atoms with Gasteiger partial charge in [-0.3, -0.25) is 9.96 Å². The summed E-state index contributed by atoms with van der Waals surface area (Å²) < 4.78 is 32.2. The van der Waals surface area contributed by atoms with Gasteiger partial charge in [0.1, 0.15) is 6.04 Å². The molecular formula is C6H16CaN4O5S. The Kier molecular flexibility index (Phi) is 10.0. The van der Waals surface area contributed by atoms with E-state index in [1.54, 1.807) is 0 Å². The average Bonchev–Trinajstić information content (AvgIpc) is 2.08. The molecule has 11 heteroatoms. The van der Waals surface area contributed by atoms with Gasteiger partial charge < -0.3 is 21.0 Å². The van der Waals surface area contributed by atoms with Crippen LogP contribution in [0.1, 0.15) is 12.8 Å². The predicted octanol–water partition coefficient (Wildman–Crippen LogP) is -2.99. The fourth-order valence-corrected chi connectivity index (χ4v) is 1.16. The monoisotopic (exact) mass is 296 g/mol. The standard InChI is InChI=1S/C6H14N4O5S.Ca.2H/c7-4(2-1-3-10-6(8)9)5(11)15-16(12,13)14;;;/h4H,1-3,7H2,(H4,8,9,10)(H,12,13,14);;;. The second kappa shape index (κ2) is 8.89. The first-order valence-electron chi connectivity index (χ1n) is 4.26. The molecule has 0 radical (unpaired) electrons. The molecule has 1 atom stereocenters. The van der Waals surface area contributed by atoms with Crippen LogP contribution in [0.5, 0.6) is 0 Å². The second-order valence-corrected chi connectivity index (χ2v) is 3.94. The van der Waals surface area contributed by atoms with Gasteiger partial charge in [0.2, 0.25) is 0 Å². The zero-order chi connectivity index (χ0) is 12.8. The number of guanidine groups is 1. The van der Waals surface area contributed by atoms with Gasteiger partial charge in [-0.2, -0.15) is 8.42 Å². The second-order valence-electron chi connectivity index (χ2n) is 2.92. The van der Waals surface area contributed by atoms with Gasteiger partial charge in [0, 0.05) is 6.54 Å². The van der Waals surface area contributed by atoms with Crippen LogP contribution in [0.4, 0.5) is 0 Å². The minimum absolute atomic E-state index is 0. The molecule has 0 aliphatic heterocycles. The van der Waals surface area contributed by atoms with E-state index in [1.807, 2.05) is 0 Å². The van der Waals surface area contributed by atoms with Gasteiger partial charge in [-0.1, -0.05) is 0 Å². The summed E-state index contributed by atoms with van der Waals surface area (Å²) in [5, 5.41) is 9.29. The quantitative estimate of drug-likeness (QED) is 0.114. The van der Waals surface area contributed by atoms with Crippen molar-refractivity contribution in [3.8, 4) is 0 Å². The van der Waals surface area contributed by atoms with E-state index in [0.717, 1.165) is 0 Å². The molecule has 7 N–H and O–H groups in total. The number of carbonyl (C=O) groups is 1. The summed E-state index contributed by atoms with van der Waals surface area (Å²) in [5.74, 6) is -1.44. The third kappa shape index (κ3) is 12.1. The minimum atomic E-state index is -4.81. The summed E-state index contributed by atoms with van der Waals surface area (Å²) in [5.41, 5.74) is 10.3. The van der Waals surface area contributed by atoms with E-state index < -0.39 is 22.4 Å². The van der Waals surface area contributed by atoms with Crippen molar-refractivity contribution in [1.29, 1.82) is 5.41 Å². The molecule has 0 aliphatic rings. The zero-order valence-corrected chi connectivity index (χ0v) is 9.16. The van der Waals surface area contributed by atoms with Crippen molar-refractivity contribution in [2.45, 2.75) is 18.9 Å². The molecule has 0 saturated carbocycles. The Morgan fingerprint density at radius 1 is 1.53 bits per heavy atom. The molecule has 0 rings (SSSR count). The molecule has 0 bridgehead atoms. The van der Waals surface area contributed by atoms with E-state index in [2.05, 4.69) is 9.50 Å². The van der Waals surface area contributed by atoms with Crippen molar-refractivity contribution >= 4 is 60.1 Å². The van der Waals surface area contributed by atoms with Crippen molar-refractivity contribution < 1.29 is 21.9 Å². The van der Waals surface area contributed by atoms with Gasteiger partial charge in [0.15, 0.2) is 5.96 Å². The van der Waals surface area contributed by atoms with E-state index in [9.17, 15) is 13.2 Å². The number of hydrogen-bond acceptors (Lipinski definition) is 6. The van der Waals surface area contributed by atoms with Crippen molar-refractivity contribution in [3.63, 3.8) is 0 Å². The normalized spacial score (nSPS) is 12.1. The summed E-state index contributed by atoms with van der Waals surface area (Å²) >= 11 is 0. The molecule has 1 unspecified atom stereocenters. The number of nitrogens with two attached hydrogens (primary N) is 2. The number of carbonyl (C=O) groups excluding carboxylic acids is 1. The van der Waals surface area contributed by atoms with Crippen molar-refractivity contribution in [2.75, 3.05) is 6.54 Å². The molecule has 0 spiro atoms. The first-order chi connectivity index (χ1) is 7.22. The van der Waals surface area contributed by atoms with E-state index in [1.165, 1.54) is 0 Å². The van der Waals surface area contributed by atoms with Crippen LogP contribution in [0.25, 0.3) is 0 Å². The third-order valence-electron chi connectivity index (χ3n) is 1.50. The molecule has 0 fully saturated rings. The molecule has 0 aromatic heterocycles. The van der Waals surface area contributed by atoms with E-state index in [0.29, 0.717) is 13.0 Å². The molecule has 98 valence electrons. The predicted molar refractivity (Wildman–Crippen MR) is 63.3 cm³/mol. The molecule has 0 amide bonds. The number of rotatable bonds is 6. The molecule has 0 aromatic carbocycles. The van der Waals surface area contributed by atoms with E-state index in [4.69, 9.17) is 21.4 Å². The van der Waals surface area contributed by atoms with E-state index >= 15 is 0 Å². The Balaban J connectivity index is 0. The fraction of sp³-hybridized carbons (Fsp3) is 0.667. The van der Waals surface area contributed by atoms with E-state index in [-0.39, 0.29) is 50.1 Å². The van der Waals surface area contributed by atoms with Crippen LogP contribution in [0.15, 0.2) is 0 Å². The fourth-order valence-electron chi connectivity index (χ4n) is 0.828. The van der Waals surface area contributed by atoms with Crippen LogP contribution in [-0.2, 0) is 19.4 Å². The molecule has 0 aromatic rings. The molecular weight excluding hydrogens is 280 g/mol. The van der Waals surface area contributed by atoms with Crippen molar-refractivity contribution in [3.05, 3.63) is 0 Å². The van der Waals surface area contributed by atoms with Crippen LogP contribution in [-0.4, -0.2) is 75.2 Å². The third-order valence-corrected chi connectivity index (χ3v) is 1.87. The topological polar surface area (TPSA) is 169 Å². The summed E-state index contributed by atoms with van der Waals surface area (Å²) in [6.45, 7) is 0.322. The van der Waals surface area contributed by atoms with Gasteiger partial charge in [-0.15, -0.1) is 0 Å². The van der Waals surface area contributed by atoms with Crippen molar-refractivity contribution in [1.82, 2.24) is 5.32 Å². The van der Waals surface area contributed by atoms with Gasteiger partial charge >= 0.3 is 54.1 Å². The number of nitrogens with one attached hydrogen (secondary N) is 2. The van der Waals surface area contributed by atoms with Crippen LogP contribution in [0, 0.1) is 5.41 Å². The van der Waals surface area contributed by atoms with Crippen LogP contribution < -0.4 is 16.8 Å². The first kappa shape index (κ1) is 19.2. The Labute approximate surface area is 129 Å². The molecule has 0 heterocycles. The Morgan fingerprint density at radius 3 is 2.47 bits per heavy atom. The molecule has 0 aliphatic carbocycles. The first-order valence-corrected chi connectivity index (χ1v) is 5.63. The maximum atomic E-state index is 10.9. The molecule has 9 nitrogen and oxygen atoms in total. The van der Waals surface area contributed by atoms with Crippen LogP contribution >= 0.6 is 0 Å². The van der Waals surface area contributed by atoms with Gasteiger partial charge in [-0.05, 0) is 12.8 Å². The Hall–Kier alpha value is -0.130. The van der Waals surface area contributed by atoms with Crippen LogP contribution in [0.2, 0.25) is 0 Å². The van der Waals surface area contributed by atoms with Gasteiger partial charge in [0.25, 0.3) is 0 Å². The summed E-state index contributed by atoms with van der Waals surface area (Å²) in [4.78, 5) is 10.9. The van der Waals surface area contributed by atoms with Gasteiger partial charge in [-0.25, -0.2) is 4.79 Å². The SMILES string of the molecule is N=C(N)NCCCC(N)C(=O)OS(=O)(=O)O.[CaH2]. The van der Waals surface area contributed by atoms with Gasteiger partial charge in [0.05, 0.1) is 0 Å². The summed E-state index contributed by atoms with van der Waals surface area (Å²) in [6, 6.07) is -1.16. The number of hydrogen-bond donors (Lipinski definition) is 5. The summed E-state index contributed by atoms with van der Waals surface area (Å²) in [6.07, 6.45) is 0.524.